The van der Waals surface area contributed by atoms with Gasteiger partial charge in [0.25, 0.3) is 0 Å². The monoisotopic (exact) mass is 299 g/mol. The van der Waals surface area contributed by atoms with E-state index in [1.165, 1.54) is 0 Å². The quantitative estimate of drug-likeness (QED) is 0.416. The van der Waals surface area contributed by atoms with E-state index < -0.39 is 0 Å². The number of nitrogens with two attached hydrogens (primary N) is 1. The number of hydrogen-bond acceptors (Lipinski definition) is 4. The number of ether oxygens (including phenoxy) is 2. The predicted molar refractivity (Wildman–Crippen MR) is 83.1 cm³/mol. The maximum Gasteiger partial charge on any atom is 0.126 e. The van der Waals surface area contributed by atoms with Crippen molar-refractivity contribution in [3.8, 4) is 0 Å². The van der Waals surface area contributed by atoms with E-state index in [2.05, 4.69) is 4.90 Å². The summed E-state index contributed by atoms with van der Waals surface area (Å²) in [6.07, 6.45) is 0.879. The molecule has 0 saturated heterocycles. The third-order valence-corrected chi connectivity index (χ3v) is 3.26. The molecule has 0 atom stereocenters. The average molecular weight is 300 g/mol. The van der Waals surface area contributed by atoms with Crippen LogP contribution in [-0.4, -0.2) is 46.4 Å². The van der Waals surface area contributed by atoms with Crippen LogP contribution in [0.4, 0.5) is 5.69 Å². The molecule has 3 N–H and O–H groups in total. The van der Waals surface area contributed by atoms with E-state index in [-0.39, 0.29) is 5.84 Å². The Balaban J connectivity index is 2.99. The molecule has 20 heavy (non-hydrogen) atoms. The van der Waals surface area contributed by atoms with Gasteiger partial charge in [0, 0.05) is 39.6 Å². The van der Waals surface area contributed by atoms with E-state index in [1.807, 2.05) is 12.1 Å². The van der Waals surface area contributed by atoms with Gasteiger partial charge in [0.1, 0.15) is 5.84 Å². The van der Waals surface area contributed by atoms with Gasteiger partial charge in [-0.15, -0.1) is 0 Å². The van der Waals surface area contributed by atoms with Crippen molar-refractivity contribution in [1.82, 2.24) is 0 Å². The number of hydrogen-bond donors (Lipinski definition) is 2. The summed E-state index contributed by atoms with van der Waals surface area (Å²) in [6.45, 7) is 2.77. The van der Waals surface area contributed by atoms with Crippen molar-refractivity contribution < 1.29 is 9.47 Å². The molecule has 0 aliphatic carbocycles. The number of rotatable bonds is 9. The third-order valence-electron chi connectivity index (χ3n) is 2.94. The number of halogens is 1. The Morgan fingerprint density at radius 2 is 1.95 bits per heavy atom. The van der Waals surface area contributed by atoms with Gasteiger partial charge in [-0.05, 0) is 18.6 Å². The van der Waals surface area contributed by atoms with Gasteiger partial charge in [0.15, 0.2) is 0 Å². The van der Waals surface area contributed by atoms with Crippen LogP contribution in [0.1, 0.15) is 12.0 Å². The van der Waals surface area contributed by atoms with Gasteiger partial charge in [-0.3, -0.25) is 5.41 Å². The smallest absolute Gasteiger partial charge is 0.126 e. The molecule has 0 unspecified atom stereocenters. The first-order valence-corrected chi connectivity index (χ1v) is 6.85. The van der Waals surface area contributed by atoms with E-state index in [4.69, 9.17) is 32.2 Å². The zero-order valence-corrected chi connectivity index (χ0v) is 12.7. The molecular weight excluding hydrogens is 278 g/mol. The minimum absolute atomic E-state index is 0.0280. The van der Waals surface area contributed by atoms with Crippen LogP contribution in [0.5, 0.6) is 0 Å². The number of nitrogens with zero attached hydrogens (tertiary/aromatic N) is 1. The number of nitrogen functional groups attached to an aromatic ring is 1. The Bertz CT molecular complexity index is 440. The van der Waals surface area contributed by atoms with E-state index in [0.29, 0.717) is 30.3 Å². The summed E-state index contributed by atoms with van der Waals surface area (Å²) >= 11 is 6.16. The fourth-order valence-corrected chi connectivity index (χ4v) is 2.27. The maximum atomic E-state index is 7.71. The number of benzene rings is 1. The first-order chi connectivity index (χ1) is 9.61. The zero-order chi connectivity index (χ0) is 15.0. The lowest BCUT2D eigenvalue weighted by molar-refractivity contribution is 0.191. The molecule has 5 nitrogen and oxygen atoms in total. The second-order valence-corrected chi connectivity index (χ2v) is 4.78. The Labute approximate surface area is 125 Å². The highest BCUT2D eigenvalue weighted by Crippen LogP contribution is 2.27. The minimum atomic E-state index is -0.0280. The molecule has 0 radical (unpaired) electrons. The second-order valence-electron chi connectivity index (χ2n) is 4.37. The number of methoxy groups -OCH3 is 2. The second kappa shape index (κ2) is 8.79. The summed E-state index contributed by atoms with van der Waals surface area (Å²) in [5.41, 5.74) is 7.08. The van der Waals surface area contributed by atoms with E-state index >= 15 is 0 Å². The van der Waals surface area contributed by atoms with Crippen molar-refractivity contribution in [2.75, 3.05) is 45.4 Å². The zero-order valence-electron chi connectivity index (χ0n) is 12.0. The predicted octanol–water partition coefficient (Wildman–Crippen LogP) is 2.11. The van der Waals surface area contributed by atoms with Gasteiger partial charge in [0.05, 0.1) is 17.2 Å². The van der Waals surface area contributed by atoms with Crippen molar-refractivity contribution in [3.05, 3.63) is 28.8 Å². The molecule has 112 valence electrons. The minimum Gasteiger partial charge on any atom is -0.385 e. The lowest BCUT2D eigenvalue weighted by atomic mass is 10.1. The van der Waals surface area contributed by atoms with E-state index in [9.17, 15) is 0 Å². The number of anilines is 1. The topological polar surface area (TPSA) is 71.6 Å². The Hall–Kier alpha value is -1.30. The number of nitrogens with one attached hydrogen (secondary N) is 1. The molecular formula is C14H22ClN3O2. The van der Waals surface area contributed by atoms with E-state index in [1.54, 1.807) is 20.3 Å². The van der Waals surface area contributed by atoms with Gasteiger partial charge in [-0.25, -0.2) is 0 Å². The summed E-state index contributed by atoms with van der Waals surface area (Å²) in [5, 5.41) is 8.20. The highest BCUT2D eigenvalue weighted by molar-refractivity contribution is 6.34. The van der Waals surface area contributed by atoms with Crippen molar-refractivity contribution in [2.24, 2.45) is 5.73 Å². The Morgan fingerprint density at radius 3 is 2.55 bits per heavy atom. The highest BCUT2D eigenvalue weighted by Gasteiger charge is 2.15. The van der Waals surface area contributed by atoms with Crippen LogP contribution in [0.3, 0.4) is 0 Å². The van der Waals surface area contributed by atoms with Crippen molar-refractivity contribution in [1.29, 1.82) is 5.41 Å². The van der Waals surface area contributed by atoms with Crippen LogP contribution >= 0.6 is 11.6 Å². The fraction of sp³-hybridized carbons (Fsp3) is 0.500. The van der Waals surface area contributed by atoms with Crippen molar-refractivity contribution in [2.45, 2.75) is 6.42 Å². The van der Waals surface area contributed by atoms with Crippen LogP contribution in [0.25, 0.3) is 0 Å². The summed E-state index contributed by atoms with van der Waals surface area (Å²) in [4.78, 5) is 2.12. The van der Waals surface area contributed by atoms with Gasteiger partial charge in [-0.2, -0.15) is 0 Å². The molecule has 1 aromatic carbocycles. The first-order valence-electron chi connectivity index (χ1n) is 6.47. The first kappa shape index (κ1) is 16.8. The normalized spacial score (nSPS) is 10.6. The molecule has 1 rings (SSSR count). The third kappa shape index (κ3) is 4.67. The molecule has 0 aliphatic rings. The molecule has 0 bridgehead atoms. The molecule has 6 heteroatoms. The van der Waals surface area contributed by atoms with Gasteiger partial charge >= 0.3 is 0 Å². The largest absolute Gasteiger partial charge is 0.385 e. The van der Waals surface area contributed by atoms with Crippen LogP contribution in [0.15, 0.2) is 18.2 Å². The van der Waals surface area contributed by atoms with Crippen LogP contribution in [0.2, 0.25) is 5.02 Å². The summed E-state index contributed by atoms with van der Waals surface area (Å²) in [6, 6.07) is 5.52. The Morgan fingerprint density at radius 1 is 1.25 bits per heavy atom. The standard InChI is InChI=1S/C14H22ClN3O2/c1-19-9-4-7-18(8-10-20-2)12-6-3-5-11(15)13(12)14(16)17/h3,5-6H,4,7-10H2,1-2H3,(H3,16,17). The Kier molecular flexibility index (Phi) is 7.36. The van der Waals surface area contributed by atoms with Crippen LogP contribution in [-0.2, 0) is 9.47 Å². The van der Waals surface area contributed by atoms with Gasteiger partial charge in [0.2, 0.25) is 0 Å². The SMILES string of the molecule is COCCCN(CCOC)c1cccc(Cl)c1C(=N)N. The van der Waals surface area contributed by atoms with Crippen molar-refractivity contribution >= 4 is 23.1 Å². The van der Waals surface area contributed by atoms with Gasteiger partial charge < -0.3 is 20.1 Å². The number of amidine groups is 1. The molecule has 0 aromatic heterocycles. The molecule has 0 spiro atoms. The van der Waals surface area contributed by atoms with Crippen molar-refractivity contribution in [3.63, 3.8) is 0 Å². The maximum absolute atomic E-state index is 7.71. The highest BCUT2D eigenvalue weighted by atomic mass is 35.5. The molecule has 0 heterocycles. The summed E-state index contributed by atoms with van der Waals surface area (Å²) < 4.78 is 10.2. The van der Waals surface area contributed by atoms with Crippen LogP contribution < -0.4 is 10.6 Å². The summed E-state index contributed by atoms with van der Waals surface area (Å²) in [7, 11) is 3.34. The van der Waals surface area contributed by atoms with E-state index in [0.717, 1.165) is 18.7 Å². The molecule has 1 aromatic rings. The fourth-order valence-electron chi connectivity index (χ4n) is 2.00. The lowest BCUT2D eigenvalue weighted by Gasteiger charge is -2.27. The molecule has 0 aliphatic heterocycles. The molecule has 0 saturated carbocycles. The molecule has 0 fully saturated rings. The van der Waals surface area contributed by atoms with Crippen LogP contribution in [0, 0.1) is 5.41 Å². The average Bonchev–Trinajstić information content (AvgIpc) is 2.42. The molecule has 0 amide bonds. The lowest BCUT2D eigenvalue weighted by Crippen LogP contribution is -2.31. The van der Waals surface area contributed by atoms with Gasteiger partial charge in [-0.1, -0.05) is 17.7 Å². The summed E-state index contributed by atoms with van der Waals surface area (Å²) in [5.74, 6) is -0.0280.